The van der Waals surface area contributed by atoms with E-state index in [4.69, 9.17) is 14.2 Å². The van der Waals surface area contributed by atoms with E-state index in [9.17, 15) is 20.3 Å². The number of rotatable bonds is 13. The Labute approximate surface area is 241 Å². The van der Waals surface area contributed by atoms with E-state index in [0.29, 0.717) is 17.9 Å². The molecule has 0 unspecified atom stereocenters. The number of aliphatic hydroxyl groups is 1. The number of ether oxygens (including phenoxy) is 3. The van der Waals surface area contributed by atoms with E-state index in [1.54, 1.807) is 36.6 Å². The van der Waals surface area contributed by atoms with Crippen LogP contribution in [0.2, 0.25) is 0 Å². The van der Waals surface area contributed by atoms with E-state index in [1.165, 1.54) is 12.1 Å². The highest BCUT2D eigenvalue weighted by molar-refractivity contribution is 5.88. The maximum Gasteiger partial charge on any atom is 0.335 e. The van der Waals surface area contributed by atoms with Gasteiger partial charge in [0.15, 0.2) is 0 Å². The molecule has 8 heteroatoms. The van der Waals surface area contributed by atoms with Gasteiger partial charge in [0.1, 0.15) is 36.6 Å². The average Bonchev–Trinajstić information content (AvgIpc) is 3.48. The van der Waals surface area contributed by atoms with Gasteiger partial charge in [-0.25, -0.2) is 4.79 Å². The molecule has 2 N–H and O–H groups in total. The van der Waals surface area contributed by atoms with Crippen molar-refractivity contribution < 1.29 is 29.2 Å². The number of nitriles is 1. The lowest BCUT2D eigenvalue weighted by Gasteiger charge is -2.42. The highest BCUT2D eigenvalue weighted by Gasteiger charge is 2.29. The molecule has 0 bridgehead atoms. The minimum atomic E-state index is -0.993. The molecule has 1 aliphatic heterocycles. The van der Waals surface area contributed by atoms with E-state index in [-0.39, 0.29) is 24.5 Å². The number of carboxylic acids is 1. The van der Waals surface area contributed by atoms with Crippen molar-refractivity contribution in [2.24, 2.45) is 0 Å². The standard InChI is InChI=1S/C33H36N2O6/c1-23-6-14-28(15-7-23)35(33(2,3)16-4-5-30-21-39-22-41-30)19-29(36)20-40-31-17-26(12-13-27(31)18-34)24-8-10-25(11-9-24)32(37)38/h6-15,17,21,29,36H,4-5,16,19-20,22H2,1-3H3,(H,37,38)/t29-/m0/s1. The van der Waals surface area contributed by atoms with E-state index in [1.807, 2.05) is 6.92 Å². The Kier molecular flexibility index (Phi) is 9.53. The summed E-state index contributed by atoms with van der Waals surface area (Å²) in [6.45, 7) is 6.96. The summed E-state index contributed by atoms with van der Waals surface area (Å²) in [5.41, 5.74) is 4.00. The van der Waals surface area contributed by atoms with Gasteiger partial charge < -0.3 is 29.3 Å². The molecule has 1 aliphatic rings. The van der Waals surface area contributed by atoms with Crippen LogP contribution in [0.3, 0.4) is 0 Å². The number of carboxylic acid groups (broad SMARTS) is 1. The number of carbonyl (C=O) groups is 1. The van der Waals surface area contributed by atoms with Crippen LogP contribution in [0.4, 0.5) is 5.69 Å². The van der Waals surface area contributed by atoms with Crippen LogP contribution in [0, 0.1) is 18.3 Å². The first kappa shape index (κ1) is 29.5. The Morgan fingerprint density at radius 3 is 2.44 bits per heavy atom. The zero-order valence-electron chi connectivity index (χ0n) is 23.7. The van der Waals surface area contributed by atoms with E-state index in [2.05, 4.69) is 49.1 Å². The van der Waals surface area contributed by atoms with E-state index < -0.39 is 12.1 Å². The van der Waals surface area contributed by atoms with Crippen LogP contribution in [-0.2, 0) is 9.47 Å². The van der Waals surface area contributed by atoms with Gasteiger partial charge in [-0.2, -0.15) is 5.26 Å². The fourth-order valence-corrected chi connectivity index (χ4v) is 4.83. The number of anilines is 1. The van der Waals surface area contributed by atoms with Crippen molar-refractivity contribution in [3.05, 3.63) is 95.4 Å². The minimum absolute atomic E-state index is 0.00735. The molecule has 3 aromatic carbocycles. The zero-order chi connectivity index (χ0) is 29.4. The maximum absolute atomic E-state index is 11.2. The molecule has 0 aliphatic carbocycles. The lowest BCUT2D eigenvalue weighted by Crippen LogP contribution is -2.49. The predicted octanol–water partition coefficient (Wildman–Crippen LogP) is 6.27. The summed E-state index contributed by atoms with van der Waals surface area (Å²) >= 11 is 0. The molecule has 1 atom stereocenters. The molecule has 8 nitrogen and oxygen atoms in total. The Morgan fingerprint density at radius 1 is 1.10 bits per heavy atom. The summed E-state index contributed by atoms with van der Waals surface area (Å²) in [6.07, 6.45) is 3.36. The van der Waals surface area contributed by atoms with Crippen molar-refractivity contribution >= 4 is 11.7 Å². The monoisotopic (exact) mass is 556 g/mol. The summed E-state index contributed by atoms with van der Waals surface area (Å²) < 4.78 is 16.6. The SMILES string of the molecule is Cc1ccc(N(C[C@H](O)COc2cc(-c3ccc(C(=O)O)cc3)ccc2C#N)C(C)(C)CCCC2=COCO2)cc1. The van der Waals surface area contributed by atoms with Crippen LogP contribution in [-0.4, -0.2) is 47.8 Å². The Balaban J connectivity index is 1.46. The molecule has 1 heterocycles. The fourth-order valence-electron chi connectivity index (χ4n) is 4.83. The molecule has 0 amide bonds. The third-order valence-corrected chi connectivity index (χ3v) is 7.21. The number of benzene rings is 3. The van der Waals surface area contributed by atoms with Crippen LogP contribution in [0.1, 0.15) is 54.6 Å². The van der Waals surface area contributed by atoms with E-state index >= 15 is 0 Å². The van der Waals surface area contributed by atoms with E-state index in [0.717, 1.165) is 47.4 Å². The first-order chi connectivity index (χ1) is 19.7. The molecule has 214 valence electrons. The maximum atomic E-state index is 11.2. The molecule has 0 radical (unpaired) electrons. The van der Waals surface area contributed by atoms with Gasteiger partial charge in [0.05, 0.1) is 11.1 Å². The lowest BCUT2D eigenvalue weighted by atomic mass is 9.93. The fraction of sp³-hybridized carbons (Fsp3) is 0.333. The third kappa shape index (κ3) is 7.80. The second-order valence-electron chi connectivity index (χ2n) is 10.8. The topological polar surface area (TPSA) is 112 Å². The van der Waals surface area contributed by atoms with Crippen LogP contribution in [0.15, 0.2) is 78.8 Å². The van der Waals surface area contributed by atoms with Gasteiger partial charge in [-0.1, -0.05) is 35.9 Å². The summed E-state index contributed by atoms with van der Waals surface area (Å²) in [7, 11) is 0. The van der Waals surface area contributed by atoms with Crippen LogP contribution < -0.4 is 9.64 Å². The molecule has 0 fully saturated rings. The lowest BCUT2D eigenvalue weighted by molar-refractivity contribution is 0.0696. The molecular weight excluding hydrogens is 520 g/mol. The molecule has 41 heavy (non-hydrogen) atoms. The predicted molar refractivity (Wildman–Crippen MR) is 157 cm³/mol. The molecule has 4 rings (SSSR count). The number of aliphatic hydroxyl groups excluding tert-OH is 1. The van der Waals surface area contributed by atoms with Crippen LogP contribution in [0.25, 0.3) is 11.1 Å². The highest BCUT2D eigenvalue weighted by atomic mass is 16.7. The summed E-state index contributed by atoms with van der Waals surface area (Å²) in [5, 5.41) is 30.0. The highest BCUT2D eigenvalue weighted by Crippen LogP contribution is 2.31. The summed E-state index contributed by atoms with van der Waals surface area (Å²) in [4.78, 5) is 13.4. The Hall–Kier alpha value is -4.48. The first-order valence-corrected chi connectivity index (χ1v) is 13.6. The smallest absolute Gasteiger partial charge is 0.335 e. The Bertz CT molecular complexity index is 1410. The van der Waals surface area contributed by atoms with Gasteiger partial charge in [0, 0.05) is 24.2 Å². The zero-order valence-corrected chi connectivity index (χ0v) is 23.7. The minimum Gasteiger partial charge on any atom is -0.489 e. The molecular formula is C33H36N2O6. The number of nitrogens with zero attached hydrogens (tertiary/aromatic N) is 2. The molecule has 0 saturated carbocycles. The van der Waals surface area contributed by atoms with Crippen molar-refractivity contribution in [1.29, 1.82) is 5.26 Å². The van der Waals surface area contributed by atoms with Crippen molar-refractivity contribution in [3.8, 4) is 22.9 Å². The second kappa shape index (κ2) is 13.2. The van der Waals surface area contributed by atoms with Gasteiger partial charge >= 0.3 is 5.97 Å². The quantitative estimate of drug-likeness (QED) is 0.253. The normalized spacial score (nSPS) is 13.4. The third-order valence-electron chi connectivity index (χ3n) is 7.21. The number of β-amino-alcohol motifs (C(OH)–C–C–N with tert-alkyl or cyclic N) is 1. The summed E-state index contributed by atoms with van der Waals surface area (Å²) in [5.74, 6) is 0.219. The number of aryl methyl sites for hydroxylation is 1. The van der Waals surface area contributed by atoms with Crippen molar-refractivity contribution in [2.75, 3.05) is 24.8 Å². The van der Waals surface area contributed by atoms with Crippen molar-refractivity contribution in [2.45, 2.75) is 51.7 Å². The van der Waals surface area contributed by atoms with Crippen LogP contribution in [0.5, 0.6) is 5.75 Å². The van der Waals surface area contributed by atoms with Crippen LogP contribution >= 0.6 is 0 Å². The van der Waals surface area contributed by atoms with Gasteiger partial charge in [-0.3, -0.25) is 0 Å². The number of hydrogen-bond donors (Lipinski definition) is 2. The second-order valence-corrected chi connectivity index (χ2v) is 10.8. The Morgan fingerprint density at radius 2 is 1.80 bits per heavy atom. The molecule has 0 spiro atoms. The first-order valence-electron chi connectivity index (χ1n) is 13.6. The largest absolute Gasteiger partial charge is 0.489 e. The molecule has 3 aromatic rings. The van der Waals surface area contributed by atoms with Gasteiger partial charge in [0.25, 0.3) is 0 Å². The molecule has 0 aromatic heterocycles. The van der Waals surface area contributed by atoms with Gasteiger partial charge in [0.2, 0.25) is 6.79 Å². The van der Waals surface area contributed by atoms with Crippen molar-refractivity contribution in [3.63, 3.8) is 0 Å². The van der Waals surface area contributed by atoms with Gasteiger partial charge in [-0.05, 0) is 81.1 Å². The van der Waals surface area contributed by atoms with Crippen molar-refractivity contribution in [1.82, 2.24) is 0 Å². The van der Waals surface area contributed by atoms with Gasteiger partial charge in [-0.15, -0.1) is 0 Å². The molecule has 0 saturated heterocycles. The average molecular weight is 557 g/mol. The number of hydrogen-bond acceptors (Lipinski definition) is 7. The number of allylic oxidation sites excluding steroid dienone is 1. The summed E-state index contributed by atoms with van der Waals surface area (Å²) in [6, 6.07) is 22.1. The number of aromatic carboxylic acids is 1.